The van der Waals surface area contributed by atoms with Crippen molar-refractivity contribution in [2.24, 2.45) is 0 Å². The normalized spacial score (nSPS) is 12.6. The topological polar surface area (TPSA) is 72.5 Å². The van der Waals surface area contributed by atoms with Crippen molar-refractivity contribution in [3.8, 4) is 17.4 Å². The molecule has 0 radical (unpaired) electrons. The predicted molar refractivity (Wildman–Crippen MR) is 94.6 cm³/mol. The van der Waals surface area contributed by atoms with Crippen molar-refractivity contribution in [3.05, 3.63) is 66.6 Å². The van der Waals surface area contributed by atoms with Crippen molar-refractivity contribution >= 4 is 23.0 Å². The molecule has 0 saturated carbocycles. The zero-order valence-corrected chi connectivity index (χ0v) is 13.5. The van der Waals surface area contributed by atoms with E-state index in [9.17, 15) is 9.18 Å². The Morgan fingerprint density at radius 1 is 1.15 bits per heavy atom. The first-order valence-corrected chi connectivity index (χ1v) is 7.90. The highest BCUT2D eigenvalue weighted by Crippen LogP contribution is 2.34. The Labute approximate surface area is 148 Å². The Hall–Kier alpha value is -3.61. The molecule has 0 atom stereocenters. The number of carbonyl (C=O) groups excluding carboxylic acids is 1. The number of halogens is 1. The van der Waals surface area contributed by atoms with Crippen LogP contribution >= 0.6 is 0 Å². The lowest BCUT2D eigenvalue weighted by Crippen LogP contribution is -2.25. The number of pyridine rings is 1. The van der Waals surface area contributed by atoms with Gasteiger partial charge in [-0.05, 0) is 42.5 Å². The number of fused-ring (bicyclic) bond motifs is 1. The van der Waals surface area contributed by atoms with E-state index in [1.165, 1.54) is 12.1 Å². The molecule has 2 heterocycles. The van der Waals surface area contributed by atoms with E-state index in [1.807, 2.05) is 0 Å². The first-order chi connectivity index (χ1) is 12.7. The smallest absolute Gasteiger partial charge is 0.262 e. The summed E-state index contributed by atoms with van der Waals surface area (Å²) in [5.41, 5.74) is 1.83. The van der Waals surface area contributed by atoms with Crippen LogP contribution in [0.25, 0.3) is 0 Å². The third kappa shape index (κ3) is 3.27. The lowest BCUT2D eigenvalue weighted by molar-refractivity contribution is -0.118. The maximum atomic E-state index is 13.8. The highest BCUT2D eigenvalue weighted by molar-refractivity contribution is 5.96. The van der Waals surface area contributed by atoms with Gasteiger partial charge in [-0.15, -0.1) is 0 Å². The van der Waals surface area contributed by atoms with Crippen LogP contribution in [0.15, 0.2) is 60.8 Å². The largest absolute Gasteiger partial charge is 0.482 e. The summed E-state index contributed by atoms with van der Waals surface area (Å²) in [4.78, 5) is 15.6. The van der Waals surface area contributed by atoms with Gasteiger partial charge in [0.25, 0.3) is 5.91 Å². The van der Waals surface area contributed by atoms with Crippen molar-refractivity contribution in [2.75, 3.05) is 17.2 Å². The molecule has 0 fully saturated rings. The maximum absolute atomic E-state index is 13.8. The number of hydrogen-bond donors (Lipinski definition) is 2. The molecule has 0 aliphatic carbocycles. The van der Waals surface area contributed by atoms with Gasteiger partial charge >= 0.3 is 0 Å². The predicted octanol–water partition coefficient (Wildman–Crippen LogP) is 4.09. The number of nitrogens with zero attached hydrogens (tertiary/aromatic N) is 1. The molecule has 1 aliphatic heterocycles. The first kappa shape index (κ1) is 15.9. The molecule has 6 nitrogen and oxygen atoms in total. The van der Waals surface area contributed by atoms with Crippen molar-refractivity contribution in [3.63, 3.8) is 0 Å². The van der Waals surface area contributed by atoms with Gasteiger partial charge in [0, 0.05) is 11.9 Å². The van der Waals surface area contributed by atoms with Gasteiger partial charge in [0.05, 0.1) is 5.69 Å². The highest BCUT2D eigenvalue weighted by Gasteiger charge is 2.16. The van der Waals surface area contributed by atoms with E-state index in [0.717, 1.165) is 0 Å². The number of amides is 1. The SMILES string of the molecule is O=C1COc2ccc(Nc3cccnc3Oc3ccccc3F)cc2N1. The monoisotopic (exact) mass is 351 g/mol. The summed E-state index contributed by atoms with van der Waals surface area (Å²) in [5.74, 6) is 0.234. The number of anilines is 3. The van der Waals surface area contributed by atoms with Gasteiger partial charge in [-0.25, -0.2) is 9.37 Å². The second-order valence-electron chi connectivity index (χ2n) is 5.56. The summed E-state index contributed by atoms with van der Waals surface area (Å²) in [6, 6.07) is 14.9. The number of nitrogens with one attached hydrogen (secondary N) is 2. The van der Waals surface area contributed by atoms with Gasteiger partial charge in [-0.1, -0.05) is 12.1 Å². The first-order valence-electron chi connectivity index (χ1n) is 7.90. The van der Waals surface area contributed by atoms with Crippen molar-refractivity contribution in [1.82, 2.24) is 4.98 Å². The summed E-state index contributed by atoms with van der Waals surface area (Å²) in [6.07, 6.45) is 1.56. The van der Waals surface area contributed by atoms with Crippen LogP contribution in [0, 0.1) is 5.82 Å². The molecule has 2 N–H and O–H groups in total. The third-order valence-electron chi connectivity index (χ3n) is 3.71. The molecule has 0 saturated heterocycles. The van der Waals surface area contributed by atoms with Crippen LogP contribution < -0.4 is 20.1 Å². The average Bonchev–Trinajstić information content (AvgIpc) is 2.65. The summed E-state index contributed by atoms with van der Waals surface area (Å²) in [7, 11) is 0. The quantitative estimate of drug-likeness (QED) is 0.741. The van der Waals surface area contributed by atoms with Crippen LogP contribution in [0.1, 0.15) is 0 Å². The minimum Gasteiger partial charge on any atom is -0.482 e. The van der Waals surface area contributed by atoms with E-state index in [0.29, 0.717) is 22.8 Å². The highest BCUT2D eigenvalue weighted by atomic mass is 19.1. The summed E-state index contributed by atoms with van der Waals surface area (Å²) in [5, 5.41) is 5.91. The van der Waals surface area contributed by atoms with Gasteiger partial charge in [0.1, 0.15) is 11.4 Å². The fraction of sp³-hybridized carbons (Fsp3) is 0.0526. The summed E-state index contributed by atoms with van der Waals surface area (Å²) < 4.78 is 24.8. The lowest BCUT2D eigenvalue weighted by Gasteiger charge is -2.19. The molecule has 0 unspecified atom stereocenters. The molecule has 1 aliphatic rings. The van der Waals surface area contributed by atoms with Gasteiger partial charge < -0.3 is 20.1 Å². The zero-order chi connectivity index (χ0) is 17.9. The lowest BCUT2D eigenvalue weighted by atomic mass is 10.2. The van der Waals surface area contributed by atoms with Crippen LogP contribution in [0.4, 0.5) is 21.5 Å². The van der Waals surface area contributed by atoms with E-state index in [-0.39, 0.29) is 24.1 Å². The number of ether oxygens (including phenoxy) is 2. The van der Waals surface area contributed by atoms with Crippen molar-refractivity contribution < 1.29 is 18.7 Å². The van der Waals surface area contributed by atoms with Crippen LogP contribution in [-0.4, -0.2) is 17.5 Å². The Kier molecular flexibility index (Phi) is 4.10. The fourth-order valence-electron chi connectivity index (χ4n) is 2.52. The molecular weight excluding hydrogens is 337 g/mol. The van der Waals surface area contributed by atoms with E-state index in [2.05, 4.69) is 15.6 Å². The number of benzene rings is 2. The summed E-state index contributed by atoms with van der Waals surface area (Å²) in [6.45, 7) is 0.00298. The number of para-hydroxylation sites is 1. The third-order valence-corrected chi connectivity index (χ3v) is 3.71. The molecule has 26 heavy (non-hydrogen) atoms. The number of carbonyl (C=O) groups is 1. The second-order valence-corrected chi connectivity index (χ2v) is 5.56. The maximum Gasteiger partial charge on any atom is 0.262 e. The second kappa shape index (κ2) is 6.72. The fourth-order valence-corrected chi connectivity index (χ4v) is 2.52. The van der Waals surface area contributed by atoms with Gasteiger partial charge in [-0.2, -0.15) is 0 Å². The van der Waals surface area contributed by atoms with Gasteiger partial charge in [0.15, 0.2) is 18.2 Å². The molecule has 0 spiro atoms. The zero-order valence-electron chi connectivity index (χ0n) is 13.5. The van der Waals surface area contributed by atoms with Gasteiger partial charge in [0.2, 0.25) is 5.88 Å². The van der Waals surface area contributed by atoms with E-state index in [1.54, 1.807) is 48.7 Å². The molecule has 130 valence electrons. The molecule has 4 rings (SSSR count). The molecule has 2 aromatic carbocycles. The van der Waals surface area contributed by atoms with Crippen molar-refractivity contribution in [1.29, 1.82) is 0 Å². The van der Waals surface area contributed by atoms with Crippen LogP contribution in [0.5, 0.6) is 17.4 Å². The molecular formula is C19H14FN3O3. The molecule has 1 amide bonds. The van der Waals surface area contributed by atoms with Crippen molar-refractivity contribution in [2.45, 2.75) is 0 Å². The Morgan fingerprint density at radius 3 is 2.92 bits per heavy atom. The molecule has 7 heteroatoms. The minimum absolute atomic E-state index is 0.00298. The van der Waals surface area contributed by atoms with E-state index >= 15 is 0 Å². The van der Waals surface area contributed by atoms with Crippen LogP contribution in [-0.2, 0) is 4.79 Å². The van der Waals surface area contributed by atoms with Gasteiger partial charge in [-0.3, -0.25) is 4.79 Å². The molecule has 3 aromatic rings. The van der Waals surface area contributed by atoms with E-state index in [4.69, 9.17) is 9.47 Å². The minimum atomic E-state index is -0.474. The molecule has 0 bridgehead atoms. The number of rotatable bonds is 4. The van der Waals surface area contributed by atoms with Crippen LogP contribution in [0.2, 0.25) is 0 Å². The van der Waals surface area contributed by atoms with Crippen LogP contribution in [0.3, 0.4) is 0 Å². The molecule has 1 aromatic heterocycles. The van der Waals surface area contributed by atoms with E-state index < -0.39 is 5.82 Å². The summed E-state index contributed by atoms with van der Waals surface area (Å²) >= 11 is 0. The number of aromatic nitrogens is 1. The Balaban J connectivity index is 1.60. The number of hydrogen-bond acceptors (Lipinski definition) is 5. The standard InChI is InChI=1S/C19H14FN3O3/c20-13-4-1-2-6-16(13)26-19-14(5-3-9-21-19)22-12-7-8-17-15(10-12)23-18(24)11-25-17/h1-10,22H,11H2,(H,23,24). The Bertz CT molecular complexity index is 978. The Morgan fingerprint density at radius 2 is 2.04 bits per heavy atom. The average molecular weight is 351 g/mol.